The first kappa shape index (κ1) is 36.9. The number of rotatable bonds is 13. The van der Waals surface area contributed by atoms with Crippen LogP contribution in [0.15, 0.2) is 82.4 Å². The van der Waals surface area contributed by atoms with Crippen LogP contribution in [0.3, 0.4) is 0 Å². The fourth-order valence-electron chi connectivity index (χ4n) is 4.62. The van der Waals surface area contributed by atoms with E-state index in [4.69, 9.17) is 9.15 Å². The Labute approximate surface area is 278 Å². The molecule has 4 rings (SSSR count). The largest absolute Gasteiger partial charge is 0.497 e. The molecule has 0 spiro atoms. The number of hydrogen-bond acceptors (Lipinski definition) is 8. The number of sulfonamides is 1. The Bertz CT molecular complexity index is 1710. The third kappa shape index (κ3) is 11.0. The average molecular weight is 664 g/mol. The molecule has 0 aliphatic heterocycles. The van der Waals surface area contributed by atoms with Gasteiger partial charge in [-0.1, -0.05) is 49.7 Å². The van der Waals surface area contributed by atoms with Crippen molar-refractivity contribution in [1.29, 1.82) is 0 Å². The molecular formula is C35H45N5O6S. The van der Waals surface area contributed by atoms with Crippen molar-refractivity contribution in [3.63, 3.8) is 0 Å². The van der Waals surface area contributed by atoms with E-state index in [1.807, 2.05) is 32.0 Å². The van der Waals surface area contributed by atoms with Crippen LogP contribution in [0.25, 0.3) is 0 Å². The molecule has 47 heavy (non-hydrogen) atoms. The number of aryl methyl sites for hydroxylation is 3. The summed E-state index contributed by atoms with van der Waals surface area (Å²) in [5.74, 6) is 1.15. The van der Waals surface area contributed by atoms with E-state index in [0.717, 1.165) is 0 Å². The Hall–Kier alpha value is -4.55. The van der Waals surface area contributed by atoms with Gasteiger partial charge in [0, 0.05) is 46.0 Å². The van der Waals surface area contributed by atoms with Crippen molar-refractivity contribution in [1.82, 2.24) is 24.5 Å². The second kappa shape index (κ2) is 17.4. The molecule has 4 aromatic rings. The smallest absolute Gasteiger partial charge is 0.255 e. The second-order valence-electron chi connectivity index (χ2n) is 11.6. The molecule has 0 saturated heterocycles. The van der Waals surface area contributed by atoms with Gasteiger partial charge in [-0.2, -0.15) is 4.31 Å². The zero-order valence-electron chi connectivity index (χ0n) is 28.2. The molecule has 0 unspecified atom stereocenters. The first-order valence-electron chi connectivity index (χ1n) is 15.4. The summed E-state index contributed by atoms with van der Waals surface area (Å²) in [6, 6.07) is 18.0. The number of oxazole rings is 1. The van der Waals surface area contributed by atoms with Crippen LogP contribution in [-0.4, -0.2) is 73.2 Å². The molecule has 2 aromatic heterocycles. The maximum Gasteiger partial charge on any atom is 0.255 e. The van der Waals surface area contributed by atoms with Gasteiger partial charge >= 0.3 is 0 Å². The van der Waals surface area contributed by atoms with Crippen molar-refractivity contribution >= 4 is 21.8 Å². The fourth-order valence-corrected chi connectivity index (χ4v) is 6.27. The molecule has 2 aromatic carbocycles. The lowest BCUT2D eigenvalue weighted by Gasteiger charge is -2.24. The molecule has 0 atom stereocenters. The normalized spacial score (nSPS) is 11.2. The first-order valence-corrected chi connectivity index (χ1v) is 16.8. The molecule has 0 aliphatic carbocycles. The van der Waals surface area contributed by atoms with Gasteiger partial charge in [-0.25, -0.2) is 13.4 Å². The standard InChI is InChI=1S/C28H37N5O6S.C7H8/c1-19(2)17-33(40(36,37)25-10-8-24(38-6)9-11-25)13-7-12-30-27(34)22-14-23(16-29-15-22)28(35)32(5)18-26-20(3)39-21(4)31-26;1-7-5-3-2-4-6-7/h8-11,14-16,19H,7,12-13,17-18H2,1-6H3,(H,30,34);2-6H,1H3. The summed E-state index contributed by atoms with van der Waals surface area (Å²) >= 11 is 0. The van der Waals surface area contributed by atoms with Gasteiger partial charge in [0.25, 0.3) is 11.8 Å². The number of amides is 2. The van der Waals surface area contributed by atoms with Crippen molar-refractivity contribution in [3.05, 3.63) is 107 Å². The second-order valence-corrected chi connectivity index (χ2v) is 13.5. The van der Waals surface area contributed by atoms with Crippen molar-refractivity contribution in [3.8, 4) is 5.75 Å². The van der Waals surface area contributed by atoms with Crippen LogP contribution in [0.1, 0.15) is 63.9 Å². The monoisotopic (exact) mass is 663 g/mol. The number of carbonyl (C=O) groups is 2. The lowest BCUT2D eigenvalue weighted by Crippen LogP contribution is -2.37. The van der Waals surface area contributed by atoms with Crippen LogP contribution in [-0.2, 0) is 16.6 Å². The number of benzene rings is 2. The number of hydrogen-bond donors (Lipinski definition) is 1. The molecule has 1 N–H and O–H groups in total. The third-order valence-corrected chi connectivity index (χ3v) is 8.94. The molecule has 0 saturated carbocycles. The van der Waals surface area contributed by atoms with E-state index < -0.39 is 15.9 Å². The molecule has 0 radical (unpaired) electrons. The minimum absolute atomic E-state index is 0.115. The maximum atomic E-state index is 13.3. The minimum Gasteiger partial charge on any atom is -0.497 e. The van der Waals surface area contributed by atoms with E-state index in [9.17, 15) is 18.0 Å². The Balaban J connectivity index is 0.000000756. The Morgan fingerprint density at radius 1 is 0.979 bits per heavy atom. The third-order valence-electron chi connectivity index (χ3n) is 7.06. The lowest BCUT2D eigenvalue weighted by molar-refractivity contribution is 0.0782. The van der Waals surface area contributed by atoms with Crippen LogP contribution in [0.5, 0.6) is 5.75 Å². The molecule has 0 fully saturated rings. The van der Waals surface area contributed by atoms with E-state index in [-0.39, 0.29) is 47.5 Å². The van der Waals surface area contributed by atoms with Gasteiger partial charge in [0.2, 0.25) is 10.0 Å². The molecule has 252 valence electrons. The highest BCUT2D eigenvalue weighted by Gasteiger charge is 2.25. The Morgan fingerprint density at radius 2 is 1.64 bits per heavy atom. The zero-order valence-corrected chi connectivity index (χ0v) is 29.0. The van der Waals surface area contributed by atoms with Crippen molar-refractivity contribution in [2.45, 2.75) is 52.5 Å². The van der Waals surface area contributed by atoms with Crippen LogP contribution < -0.4 is 10.1 Å². The number of ether oxygens (including phenoxy) is 1. The van der Waals surface area contributed by atoms with Gasteiger partial charge in [-0.05, 0) is 56.5 Å². The number of nitrogens with zero attached hydrogens (tertiary/aromatic N) is 4. The molecule has 11 nitrogen and oxygen atoms in total. The molecule has 0 aliphatic rings. The van der Waals surface area contributed by atoms with Crippen LogP contribution in [0.4, 0.5) is 0 Å². The van der Waals surface area contributed by atoms with Crippen LogP contribution in [0, 0.1) is 26.7 Å². The summed E-state index contributed by atoms with van der Waals surface area (Å²) in [5.41, 5.74) is 2.48. The van der Waals surface area contributed by atoms with E-state index >= 15 is 0 Å². The molecular weight excluding hydrogens is 618 g/mol. The van der Waals surface area contributed by atoms with Crippen molar-refractivity contribution < 1.29 is 27.2 Å². The van der Waals surface area contributed by atoms with Gasteiger partial charge in [-0.3, -0.25) is 14.6 Å². The average Bonchev–Trinajstić information content (AvgIpc) is 3.37. The van der Waals surface area contributed by atoms with Gasteiger partial charge in [0.05, 0.1) is 29.7 Å². The van der Waals surface area contributed by atoms with E-state index in [1.165, 1.54) is 52.5 Å². The molecule has 0 bridgehead atoms. The Morgan fingerprint density at radius 3 is 2.19 bits per heavy atom. The summed E-state index contributed by atoms with van der Waals surface area (Å²) in [6.07, 6.45) is 3.19. The van der Waals surface area contributed by atoms with Gasteiger partial charge in [0.15, 0.2) is 5.89 Å². The predicted octanol–water partition coefficient (Wildman–Crippen LogP) is 5.43. The highest BCUT2D eigenvalue weighted by Crippen LogP contribution is 2.21. The number of carbonyl (C=O) groups excluding carboxylic acids is 2. The summed E-state index contributed by atoms with van der Waals surface area (Å²) in [7, 11) is -0.557. The molecule has 12 heteroatoms. The Kier molecular flexibility index (Phi) is 13.7. The van der Waals surface area contributed by atoms with Crippen LogP contribution in [0.2, 0.25) is 0 Å². The van der Waals surface area contributed by atoms with Crippen molar-refractivity contribution in [2.24, 2.45) is 5.92 Å². The lowest BCUT2D eigenvalue weighted by atomic mass is 10.1. The van der Waals surface area contributed by atoms with Crippen LogP contribution >= 0.6 is 0 Å². The molecule has 2 heterocycles. The van der Waals surface area contributed by atoms with Gasteiger partial charge in [0.1, 0.15) is 17.2 Å². The first-order chi connectivity index (χ1) is 22.3. The number of methoxy groups -OCH3 is 1. The number of nitrogens with one attached hydrogen (secondary N) is 1. The number of aromatic nitrogens is 2. The minimum atomic E-state index is -3.72. The van der Waals surface area contributed by atoms with Gasteiger partial charge in [-0.15, -0.1) is 0 Å². The maximum absolute atomic E-state index is 13.3. The summed E-state index contributed by atoms with van der Waals surface area (Å²) in [6.45, 7) is 10.6. The van der Waals surface area contributed by atoms with E-state index in [1.54, 1.807) is 33.0 Å². The fraction of sp³-hybridized carbons (Fsp3) is 0.371. The quantitative estimate of drug-likeness (QED) is 0.187. The summed E-state index contributed by atoms with van der Waals surface area (Å²) in [4.78, 5) is 35.8. The predicted molar refractivity (Wildman–Crippen MR) is 181 cm³/mol. The van der Waals surface area contributed by atoms with E-state index in [0.29, 0.717) is 36.1 Å². The number of pyridine rings is 1. The van der Waals surface area contributed by atoms with E-state index in [2.05, 4.69) is 34.3 Å². The topological polar surface area (TPSA) is 135 Å². The molecule has 2 amide bonds. The SMILES string of the molecule is COc1ccc(S(=O)(=O)N(CCCNC(=O)c2cncc(C(=O)N(C)Cc3nc(C)oc3C)c2)CC(C)C)cc1.Cc1ccccc1. The van der Waals surface area contributed by atoms with Crippen molar-refractivity contribution in [2.75, 3.05) is 33.8 Å². The zero-order chi connectivity index (χ0) is 34.6. The summed E-state index contributed by atoms with van der Waals surface area (Å²) in [5, 5.41) is 2.80. The highest BCUT2D eigenvalue weighted by molar-refractivity contribution is 7.89. The highest BCUT2D eigenvalue weighted by atomic mass is 32.2. The van der Waals surface area contributed by atoms with Gasteiger partial charge < -0.3 is 19.4 Å². The summed E-state index contributed by atoms with van der Waals surface area (Å²) < 4.78 is 38.5.